The van der Waals surface area contributed by atoms with Crippen molar-refractivity contribution in [3.05, 3.63) is 57.6 Å². The number of aromatic nitrogens is 3. The Balaban J connectivity index is 1.72. The number of anilines is 1. The molecular formula is C16H16IN5O. The third-order valence-electron chi connectivity index (χ3n) is 3.51. The van der Waals surface area contributed by atoms with Gasteiger partial charge in [0.05, 0.1) is 6.04 Å². The molecule has 3 aromatic rings. The van der Waals surface area contributed by atoms with E-state index in [1.54, 1.807) is 0 Å². The number of carbonyl (C=O) groups excluding carboxylic acids is 1. The number of rotatable bonds is 3. The summed E-state index contributed by atoms with van der Waals surface area (Å²) in [6.07, 6.45) is 1.88. The van der Waals surface area contributed by atoms with Crippen LogP contribution in [0.2, 0.25) is 0 Å². The zero-order valence-corrected chi connectivity index (χ0v) is 14.9. The van der Waals surface area contributed by atoms with Crippen molar-refractivity contribution in [3.8, 4) is 0 Å². The van der Waals surface area contributed by atoms with Crippen LogP contribution >= 0.6 is 22.6 Å². The molecule has 0 bridgehead atoms. The average Bonchev–Trinajstić information content (AvgIpc) is 2.94. The molecule has 0 saturated carbocycles. The van der Waals surface area contributed by atoms with E-state index in [4.69, 9.17) is 0 Å². The van der Waals surface area contributed by atoms with Gasteiger partial charge in [-0.2, -0.15) is 0 Å². The number of aryl methyl sites for hydroxylation is 1. The van der Waals surface area contributed by atoms with E-state index in [9.17, 15) is 4.79 Å². The number of benzene rings is 1. The lowest BCUT2D eigenvalue weighted by Gasteiger charge is -2.14. The smallest absolute Gasteiger partial charge is 0.319 e. The Morgan fingerprint density at radius 3 is 2.87 bits per heavy atom. The first-order chi connectivity index (χ1) is 11.0. The molecule has 0 spiro atoms. The zero-order valence-electron chi connectivity index (χ0n) is 12.7. The number of pyridine rings is 1. The molecule has 1 atom stereocenters. The molecule has 2 heterocycles. The fraction of sp³-hybridized carbons (Fsp3) is 0.188. The van der Waals surface area contributed by atoms with E-state index in [-0.39, 0.29) is 12.1 Å². The van der Waals surface area contributed by atoms with Crippen LogP contribution in [0.25, 0.3) is 5.65 Å². The molecule has 1 aromatic carbocycles. The maximum Gasteiger partial charge on any atom is 0.319 e. The van der Waals surface area contributed by atoms with Gasteiger partial charge in [-0.15, -0.1) is 10.2 Å². The first kappa shape index (κ1) is 15.7. The highest BCUT2D eigenvalue weighted by atomic mass is 127. The molecule has 2 N–H and O–H groups in total. The first-order valence-electron chi connectivity index (χ1n) is 7.18. The van der Waals surface area contributed by atoms with Crippen LogP contribution < -0.4 is 10.6 Å². The Morgan fingerprint density at radius 1 is 1.26 bits per heavy atom. The minimum absolute atomic E-state index is 0.267. The zero-order chi connectivity index (χ0) is 16.4. The van der Waals surface area contributed by atoms with Gasteiger partial charge in [0.2, 0.25) is 0 Å². The largest absolute Gasteiger partial charge is 0.328 e. The van der Waals surface area contributed by atoms with E-state index in [1.165, 1.54) is 0 Å². The summed E-state index contributed by atoms with van der Waals surface area (Å²) in [7, 11) is 0. The van der Waals surface area contributed by atoms with E-state index >= 15 is 0 Å². The third-order valence-corrected chi connectivity index (χ3v) is 4.18. The van der Waals surface area contributed by atoms with Crippen LogP contribution in [-0.4, -0.2) is 20.6 Å². The SMILES string of the molecule is Cc1cc(I)ccc1NC(=O)NC(C)c1nnc2ccccn12. The number of carbonyl (C=O) groups is 1. The Hall–Kier alpha value is -2.16. The molecule has 2 aromatic heterocycles. The number of urea groups is 1. The molecule has 0 aliphatic carbocycles. The summed E-state index contributed by atoms with van der Waals surface area (Å²) < 4.78 is 3.00. The molecule has 1 unspecified atom stereocenters. The lowest BCUT2D eigenvalue weighted by atomic mass is 10.2. The highest BCUT2D eigenvalue weighted by molar-refractivity contribution is 14.1. The van der Waals surface area contributed by atoms with Crippen LogP contribution in [0, 0.1) is 10.5 Å². The highest BCUT2D eigenvalue weighted by Gasteiger charge is 2.16. The van der Waals surface area contributed by atoms with Gasteiger partial charge >= 0.3 is 6.03 Å². The highest BCUT2D eigenvalue weighted by Crippen LogP contribution is 2.18. The number of fused-ring (bicyclic) bond motifs is 1. The van der Waals surface area contributed by atoms with Crippen LogP contribution in [0.15, 0.2) is 42.6 Å². The van der Waals surface area contributed by atoms with Gasteiger partial charge in [-0.3, -0.25) is 4.40 Å². The third kappa shape index (κ3) is 3.44. The molecule has 118 valence electrons. The topological polar surface area (TPSA) is 71.3 Å². The van der Waals surface area contributed by atoms with Gasteiger partial charge in [-0.1, -0.05) is 6.07 Å². The minimum atomic E-state index is -0.269. The molecule has 0 radical (unpaired) electrons. The van der Waals surface area contributed by atoms with Crippen LogP contribution in [0.3, 0.4) is 0 Å². The van der Waals surface area contributed by atoms with Crippen molar-refractivity contribution in [1.29, 1.82) is 0 Å². The van der Waals surface area contributed by atoms with Crippen molar-refractivity contribution in [2.75, 3.05) is 5.32 Å². The summed E-state index contributed by atoms with van der Waals surface area (Å²) in [6.45, 7) is 3.84. The van der Waals surface area contributed by atoms with E-state index < -0.39 is 0 Å². The second-order valence-electron chi connectivity index (χ2n) is 5.27. The number of halogens is 1. The van der Waals surface area contributed by atoms with E-state index in [0.717, 1.165) is 20.5 Å². The quantitative estimate of drug-likeness (QED) is 0.636. The fourth-order valence-corrected chi connectivity index (χ4v) is 2.99. The molecule has 0 aliphatic rings. The monoisotopic (exact) mass is 421 g/mol. The number of amides is 2. The average molecular weight is 421 g/mol. The standard InChI is InChI=1S/C16H16IN5O/c1-10-9-12(17)6-7-13(10)19-16(23)18-11(2)15-21-20-14-5-3-4-8-22(14)15/h3-9,11H,1-2H3,(H2,18,19,23). The van der Waals surface area contributed by atoms with Crippen molar-refractivity contribution in [2.24, 2.45) is 0 Å². The van der Waals surface area contributed by atoms with Gasteiger partial charge in [0, 0.05) is 15.5 Å². The second-order valence-corrected chi connectivity index (χ2v) is 6.51. The maximum absolute atomic E-state index is 12.2. The number of nitrogens with one attached hydrogen (secondary N) is 2. The molecule has 6 nitrogen and oxygen atoms in total. The Morgan fingerprint density at radius 2 is 2.09 bits per heavy atom. The number of hydrogen-bond donors (Lipinski definition) is 2. The lowest BCUT2D eigenvalue weighted by molar-refractivity contribution is 0.249. The lowest BCUT2D eigenvalue weighted by Crippen LogP contribution is -2.32. The van der Waals surface area contributed by atoms with Crippen LogP contribution in [-0.2, 0) is 0 Å². The predicted molar refractivity (Wildman–Crippen MR) is 97.5 cm³/mol. The van der Waals surface area contributed by atoms with E-state index in [0.29, 0.717) is 5.82 Å². The Labute approximate surface area is 147 Å². The summed E-state index contributed by atoms with van der Waals surface area (Å²) >= 11 is 2.24. The summed E-state index contributed by atoms with van der Waals surface area (Å²) in [5.41, 5.74) is 2.57. The normalized spacial score (nSPS) is 12.1. The molecule has 0 saturated heterocycles. The summed E-state index contributed by atoms with van der Waals surface area (Å²) in [5.74, 6) is 0.690. The van der Waals surface area contributed by atoms with Crippen LogP contribution in [0.4, 0.5) is 10.5 Å². The molecule has 7 heteroatoms. The van der Waals surface area contributed by atoms with Crippen LogP contribution in [0.5, 0.6) is 0 Å². The van der Waals surface area contributed by atoms with Gasteiger partial charge in [-0.25, -0.2) is 4.79 Å². The van der Waals surface area contributed by atoms with E-state index in [1.807, 2.05) is 60.8 Å². The Bertz CT molecular complexity index is 861. The predicted octanol–water partition coefficient (Wildman–Crippen LogP) is 3.53. The molecule has 0 aliphatic heterocycles. The van der Waals surface area contributed by atoms with Gasteiger partial charge in [0.1, 0.15) is 0 Å². The minimum Gasteiger partial charge on any atom is -0.328 e. The van der Waals surface area contributed by atoms with Gasteiger partial charge in [-0.05, 0) is 72.3 Å². The fourth-order valence-electron chi connectivity index (χ4n) is 2.34. The van der Waals surface area contributed by atoms with Crippen molar-refractivity contribution in [3.63, 3.8) is 0 Å². The second kappa shape index (κ2) is 6.53. The van der Waals surface area contributed by atoms with Crippen molar-refractivity contribution in [2.45, 2.75) is 19.9 Å². The van der Waals surface area contributed by atoms with Crippen molar-refractivity contribution < 1.29 is 4.79 Å². The Kier molecular flexibility index (Phi) is 4.46. The summed E-state index contributed by atoms with van der Waals surface area (Å²) in [6, 6.07) is 11.0. The van der Waals surface area contributed by atoms with Crippen LogP contribution in [0.1, 0.15) is 24.4 Å². The summed E-state index contributed by atoms with van der Waals surface area (Å²) in [4.78, 5) is 12.2. The molecule has 0 fully saturated rings. The van der Waals surface area contributed by atoms with Crippen molar-refractivity contribution in [1.82, 2.24) is 19.9 Å². The van der Waals surface area contributed by atoms with Gasteiger partial charge in [0.15, 0.2) is 11.5 Å². The molecular weight excluding hydrogens is 405 g/mol. The van der Waals surface area contributed by atoms with Gasteiger partial charge < -0.3 is 10.6 Å². The van der Waals surface area contributed by atoms with E-state index in [2.05, 4.69) is 43.4 Å². The summed E-state index contributed by atoms with van der Waals surface area (Å²) in [5, 5.41) is 14.0. The number of nitrogens with zero attached hydrogens (tertiary/aromatic N) is 3. The van der Waals surface area contributed by atoms with Crippen molar-refractivity contribution >= 4 is 40.0 Å². The first-order valence-corrected chi connectivity index (χ1v) is 8.26. The molecule has 23 heavy (non-hydrogen) atoms. The molecule has 3 rings (SSSR count). The molecule has 2 amide bonds. The van der Waals surface area contributed by atoms with Gasteiger partial charge in [0.25, 0.3) is 0 Å². The maximum atomic E-state index is 12.2. The number of hydrogen-bond acceptors (Lipinski definition) is 3.